The fraction of sp³-hybridized carbons (Fsp3) is 0.286. The van der Waals surface area contributed by atoms with Crippen molar-refractivity contribution in [1.82, 2.24) is 9.97 Å². The predicted octanol–water partition coefficient (Wildman–Crippen LogP) is 3.07. The van der Waals surface area contributed by atoms with Gasteiger partial charge in [0.05, 0.1) is 13.7 Å². The summed E-state index contributed by atoms with van der Waals surface area (Å²) in [4.78, 5) is 8.06. The quantitative estimate of drug-likeness (QED) is 0.830. The lowest BCUT2D eigenvalue weighted by atomic mass is 10.1. The molecule has 106 valence electrons. The molecule has 0 unspecified atom stereocenters. The van der Waals surface area contributed by atoms with Crippen LogP contribution in [0.5, 0.6) is 5.75 Å². The summed E-state index contributed by atoms with van der Waals surface area (Å²) < 4.78 is 10.3. The van der Waals surface area contributed by atoms with Crippen molar-refractivity contribution in [2.75, 3.05) is 26.1 Å². The van der Waals surface area contributed by atoms with Crippen LogP contribution in [0.3, 0.4) is 0 Å². The third kappa shape index (κ3) is 3.37. The molecule has 0 saturated heterocycles. The van der Waals surface area contributed by atoms with Gasteiger partial charge in [-0.05, 0) is 18.1 Å². The average molecular weight is 294 g/mol. The molecular weight excluding hydrogens is 278 g/mol. The molecule has 0 atom stereocenters. The molecule has 0 bridgehead atoms. The van der Waals surface area contributed by atoms with Crippen molar-refractivity contribution in [2.24, 2.45) is 0 Å². The summed E-state index contributed by atoms with van der Waals surface area (Å²) in [6.45, 7) is 0.653. The van der Waals surface area contributed by atoms with E-state index in [2.05, 4.69) is 15.3 Å². The highest BCUT2D eigenvalue weighted by Crippen LogP contribution is 2.31. The number of methoxy groups -OCH3 is 2. The molecule has 0 amide bonds. The Morgan fingerprint density at radius 1 is 1.20 bits per heavy atom. The molecule has 1 N–H and O–H groups in total. The molecule has 0 saturated carbocycles. The SMILES string of the molecule is COCCc1ccccc1Nc1ncnc(Cl)c1OC. The van der Waals surface area contributed by atoms with Gasteiger partial charge in [0.15, 0.2) is 16.7 Å². The summed E-state index contributed by atoms with van der Waals surface area (Å²) in [6.07, 6.45) is 2.20. The van der Waals surface area contributed by atoms with E-state index >= 15 is 0 Å². The largest absolute Gasteiger partial charge is 0.490 e. The molecule has 0 spiro atoms. The Morgan fingerprint density at radius 3 is 2.75 bits per heavy atom. The van der Waals surface area contributed by atoms with Crippen LogP contribution in [0.25, 0.3) is 0 Å². The molecule has 2 rings (SSSR count). The van der Waals surface area contributed by atoms with E-state index in [1.54, 1.807) is 7.11 Å². The number of rotatable bonds is 6. The summed E-state index contributed by atoms with van der Waals surface area (Å²) in [5.74, 6) is 0.966. The van der Waals surface area contributed by atoms with Gasteiger partial charge in [-0.2, -0.15) is 0 Å². The first-order valence-corrected chi connectivity index (χ1v) is 6.52. The number of ether oxygens (including phenoxy) is 2. The zero-order valence-corrected chi connectivity index (χ0v) is 12.1. The van der Waals surface area contributed by atoms with E-state index < -0.39 is 0 Å². The van der Waals surface area contributed by atoms with Crippen molar-refractivity contribution < 1.29 is 9.47 Å². The van der Waals surface area contributed by atoms with Crippen molar-refractivity contribution in [3.8, 4) is 5.75 Å². The van der Waals surface area contributed by atoms with Crippen LogP contribution in [-0.2, 0) is 11.2 Å². The smallest absolute Gasteiger partial charge is 0.199 e. The highest BCUT2D eigenvalue weighted by atomic mass is 35.5. The van der Waals surface area contributed by atoms with Gasteiger partial charge in [-0.1, -0.05) is 29.8 Å². The van der Waals surface area contributed by atoms with Gasteiger partial charge in [-0.25, -0.2) is 9.97 Å². The fourth-order valence-electron chi connectivity index (χ4n) is 1.82. The van der Waals surface area contributed by atoms with Crippen molar-refractivity contribution in [3.63, 3.8) is 0 Å². The van der Waals surface area contributed by atoms with E-state index in [0.29, 0.717) is 18.2 Å². The molecule has 1 aromatic heterocycles. The summed E-state index contributed by atoms with van der Waals surface area (Å²) in [5.41, 5.74) is 2.07. The lowest BCUT2D eigenvalue weighted by Crippen LogP contribution is -2.03. The van der Waals surface area contributed by atoms with Crippen molar-refractivity contribution in [2.45, 2.75) is 6.42 Å². The highest BCUT2D eigenvalue weighted by molar-refractivity contribution is 6.31. The second-order valence-electron chi connectivity index (χ2n) is 4.07. The molecule has 5 nitrogen and oxygen atoms in total. The van der Waals surface area contributed by atoms with Gasteiger partial charge in [0, 0.05) is 12.8 Å². The number of aromatic nitrogens is 2. The van der Waals surface area contributed by atoms with Crippen LogP contribution in [0.4, 0.5) is 11.5 Å². The van der Waals surface area contributed by atoms with Crippen LogP contribution < -0.4 is 10.1 Å². The van der Waals surface area contributed by atoms with E-state index in [1.807, 2.05) is 24.3 Å². The minimum Gasteiger partial charge on any atom is -0.490 e. The number of benzene rings is 1. The van der Waals surface area contributed by atoms with E-state index in [4.69, 9.17) is 21.1 Å². The van der Waals surface area contributed by atoms with Crippen molar-refractivity contribution >= 4 is 23.1 Å². The van der Waals surface area contributed by atoms with E-state index in [0.717, 1.165) is 17.7 Å². The monoisotopic (exact) mass is 293 g/mol. The number of nitrogens with zero attached hydrogens (tertiary/aromatic N) is 2. The summed E-state index contributed by atoms with van der Waals surface area (Å²) in [7, 11) is 3.22. The molecule has 2 aromatic rings. The van der Waals surface area contributed by atoms with Crippen LogP contribution in [0.15, 0.2) is 30.6 Å². The molecule has 0 radical (unpaired) electrons. The maximum Gasteiger partial charge on any atom is 0.199 e. The summed E-state index contributed by atoms with van der Waals surface area (Å²) in [5, 5.41) is 3.50. The van der Waals surface area contributed by atoms with E-state index in [1.165, 1.54) is 13.4 Å². The minimum atomic E-state index is 0.277. The summed E-state index contributed by atoms with van der Waals surface area (Å²) in [6, 6.07) is 7.95. The van der Waals surface area contributed by atoms with Crippen LogP contribution in [0, 0.1) is 0 Å². The van der Waals surface area contributed by atoms with Gasteiger partial charge in [0.1, 0.15) is 6.33 Å². The Balaban J connectivity index is 2.28. The Kier molecular flexibility index (Phi) is 5.15. The van der Waals surface area contributed by atoms with Crippen molar-refractivity contribution in [1.29, 1.82) is 0 Å². The maximum atomic E-state index is 5.98. The van der Waals surface area contributed by atoms with Gasteiger partial charge in [0.25, 0.3) is 0 Å². The topological polar surface area (TPSA) is 56.3 Å². The van der Waals surface area contributed by atoms with Gasteiger partial charge >= 0.3 is 0 Å². The number of hydrogen-bond donors (Lipinski definition) is 1. The third-order valence-corrected chi connectivity index (χ3v) is 3.08. The fourth-order valence-corrected chi connectivity index (χ4v) is 2.03. The number of halogens is 1. The molecule has 6 heteroatoms. The molecule has 1 aromatic carbocycles. The van der Waals surface area contributed by atoms with Crippen LogP contribution in [0.2, 0.25) is 5.15 Å². The normalized spacial score (nSPS) is 10.3. The zero-order chi connectivity index (χ0) is 14.4. The van der Waals surface area contributed by atoms with E-state index in [-0.39, 0.29) is 5.15 Å². The molecule has 0 aliphatic heterocycles. The Hall–Kier alpha value is -1.85. The first-order chi connectivity index (χ1) is 9.76. The van der Waals surface area contributed by atoms with Crippen molar-refractivity contribution in [3.05, 3.63) is 41.3 Å². The molecule has 20 heavy (non-hydrogen) atoms. The predicted molar refractivity (Wildman–Crippen MR) is 78.9 cm³/mol. The minimum absolute atomic E-state index is 0.277. The molecule has 0 aliphatic rings. The standard InChI is InChI=1S/C14H16ClN3O2/c1-19-8-7-10-5-3-4-6-11(10)18-14-12(20-2)13(15)16-9-17-14/h3-6,9H,7-8H2,1-2H3,(H,16,17,18). The second-order valence-corrected chi connectivity index (χ2v) is 4.43. The average Bonchev–Trinajstić information content (AvgIpc) is 2.47. The Bertz CT molecular complexity index is 578. The molecule has 1 heterocycles. The van der Waals surface area contributed by atoms with E-state index in [9.17, 15) is 0 Å². The van der Waals surface area contributed by atoms with Crippen LogP contribution >= 0.6 is 11.6 Å². The molecular formula is C14H16ClN3O2. The third-order valence-electron chi connectivity index (χ3n) is 2.81. The number of nitrogens with one attached hydrogen (secondary N) is 1. The molecule has 0 aliphatic carbocycles. The molecule has 0 fully saturated rings. The number of hydrogen-bond acceptors (Lipinski definition) is 5. The zero-order valence-electron chi connectivity index (χ0n) is 11.4. The first-order valence-electron chi connectivity index (χ1n) is 6.14. The van der Waals surface area contributed by atoms with Crippen LogP contribution in [0.1, 0.15) is 5.56 Å². The van der Waals surface area contributed by atoms with Crippen LogP contribution in [-0.4, -0.2) is 30.8 Å². The Morgan fingerprint density at radius 2 is 2.00 bits per heavy atom. The van der Waals surface area contributed by atoms with Gasteiger partial charge in [-0.15, -0.1) is 0 Å². The highest BCUT2D eigenvalue weighted by Gasteiger charge is 2.11. The number of para-hydroxylation sites is 1. The lowest BCUT2D eigenvalue weighted by molar-refractivity contribution is 0.202. The van der Waals surface area contributed by atoms with Gasteiger partial charge in [0.2, 0.25) is 0 Å². The lowest BCUT2D eigenvalue weighted by Gasteiger charge is -2.13. The first kappa shape index (κ1) is 14.6. The number of anilines is 2. The Labute approximate surface area is 122 Å². The second kappa shape index (κ2) is 7.07. The van der Waals surface area contributed by atoms with Gasteiger partial charge < -0.3 is 14.8 Å². The maximum absolute atomic E-state index is 5.98. The van der Waals surface area contributed by atoms with Gasteiger partial charge in [-0.3, -0.25) is 0 Å². The summed E-state index contributed by atoms with van der Waals surface area (Å²) >= 11 is 5.98.